The zero-order chi connectivity index (χ0) is 10.1. The number of hydrogen-bond acceptors (Lipinski definition) is 5. The molecule has 7 heteroatoms. The Morgan fingerprint density at radius 3 is 2.69 bits per heavy atom. The fraction of sp³-hybridized carbons (Fsp3) is 0.333. The molecule has 72 valence electrons. The highest BCUT2D eigenvalue weighted by Gasteiger charge is 2.13. The van der Waals surface area contributed by atoms with Gasteiger partial charge in [-0.05, 0) is 0 Å². The van der Waals surface area contributed by atoms with Crippen LogP contribution < -0.4 is 0 Å². The fourth-order valence-electron chi connectivity index (χ4n) is 0.675. The molecule has 0 spiro atoms. The average Bonchev–Trinajstić information content (AvgIpc) is 2.32. The van der Waals surface area contributed by atoms with Crippen molar-refractivity contribution in [2.75, 3.05) is 6.26 Å². The SMILES string of the molecule is CS(=O)(=O)c1csc(CC(=O)O)n1. The highest BCUT2D eigenvalue weighted by atomic mass is 32.2. The van der Waals surface area contributed by atoms with E-state index >= 15 is 0 Å². The van der Waals surface area contributed by atoms with Crippen molar-refractivity contribution in [1.82, 2.24) is 4.98 Å². The fourth-order valence-corrected chi connectivity index (χ4v) is 2.50. The maximum atomic E-state index is 10.9. The number of hydrogen-bond donors (Lipinski definition) is 1. The van der Waals surface area contributed by atoms with E-state index in [4.69, 9.17) is 5.11 Å². The second-order valence-corrected chi connectivity index (χ2v) is 5.33. The van der Waals surface area contributed by atoms with E-state index in [0.717, 1.165) is 17.6 Å². The van der Waals surface area contributed by atoms with Gasteiger partial charge < -0.3 is 5.11 Å². The van der Waals surface area contributed by atoms with Crippen molar-refractivity contribution in [2.45, 2.75) is 11.4 Å². The Bertz CT molecular complexity index is 420. The molecule has 0 aliphatic heterocycles. The van der Waals surface area contributed by atoms with Gasteiger partial charge in [0, 0.05) is 11.6 Å². The predicted octanol–water partition coefficient (Wildman–Crippen LogP) is 0.174. The number of nitrogens with zero attached hydrogens (tertiary/aromatic N) is 1. The topological polar surface area (TPSA) is 84.3 Å². The van der Waals surface area contributed by atoms with Crippen LogP contribution in [0.25, 0.3) is 0 Å². The van der Waals surface area contributed by atoms with Gasteiger partial charge in [-0.3, -0.25) is 4.79 Å². The van der Waals surface area contributed by atoms with E-state index < -0.39 is 15.8 Å². The van der Waals surface area contributed by atoms with Gasteiger partial charge in [0.15, 0.2) is 14.9 Å². The molecule has 0 fully saturated rings. The van der Waals surface area contributed by atoms with Crippen LogP contribution in [0.1, 0.15) is 5.01 Å². The molecule has 1 heterocycles. The Balaban J connectivity index is 2.94. The summed E-state index contributed by atoms with van der Waals surface area (Å²) >= 11 is 1.03. The summed E-state index contributed by atoms with van der Waals surface area (Å²) in [5, 5.41) is 9.97. The van der Waals surface area contributed by atoms with E-state index in [-0.39, 0.29) is 11.4 Å². The number of carbonyl (C=O) groups is 1. The molecule has 1 N–H and O–H groups in total. The number of sulfone groups is 1. The molecule has 0 atom stereocenters. The van der Waals surface area contributed by atoms with Crippen molar-refractivity contribution in [3.63, 3.8) is 0 Å². The molecule has 0 aliphatic rings. The van der Waals surface area contributed by atoms with E-state index in [2.05, 4.69) is 4.98 Å². The summed E-state index contributed by atoms with van der Waals surface area (Å²) in [4.78, 5) is 13.9. The van der Waals surface area contributed by atoms with Gasteiger partial charge in [0.25, 0.3) is 0 Å². The van der Waals surface area contributed by atoms with E-state index in [1.165, 1.54) is 5.38 Å². The largest absolute Gasteiger partial charge is 0.481 e. The third kappa shape index (κ3) is 2.78. The molecule has 1 aromatic rings. The number of aromatic nitrogens is 1. The van der Waals surface area contributed by atoms with Gasteiger partial charge in [-0.25, -0.2) is 13.4 Å². The minimum atomic E-state index is -3.31. The number of carboxylic acids is 1. The molecule has 0 saturated carbocycles. The van der Waals surface area contributed by atoms with Crippen LogP contribution in [0.15, 0.2) is 10.4 Å². The average molecular weight is 221 g/mol. The zero-order valence-electron chi connectivity index (χ0n) is 6.72. The molecule has 0 radical (unpaired) electrons. The molecule has 13 heavy (non-hydrogen) atoms. The van der Waals surface area contributed by atoms with E-state index in [0.29, 0.717) is 5.01 Å². The van der Waals surface area contributed by atoms with Crippen LogP contribution in [0.4, 0.5) is 0 Å². The lowest BCUT2D eigenvalue weighted by Crippen LogP contribution is -2.01. The van der Waals surface area contributed by atoms with Crippen molar-refractivity contribution in [3.8, 4) is 0 Å². The Morgan fingerprint density at radius 1 is 1.69 bits per heavy atom. The molecule has 0 amide bonds. The lowest BCUT2D eigenvalue weighted by atomic mass is 10.5. The van der Waals surface area contributed by atoms with Gasteiger partial charge in [-0.2, -0.15) is 0 Å². The van der Waals surface area contributed by atoms with Crippen molar-refractivity contribution in [3.05, 3.63) is 10.4 Å². The lowest BCUT2D eigenvalue weighted by molar-refractivity contribution is -0.136. The number of rotatable bonds is 3. The molecule has 0 aliphatic carbocycles. The first-order valence-corrected chi connectivity index (χ1v) is 6.03. The normalized spacial score (nSPS) is 11.5. The monoisotopic (exact) mass is 221 g/mol. The van der Waals surface area contributed by atoms with Gasteiger partial charge in [0.05, 0.1) is 6.42 Å². The van der Waals surface area contributed by atoms with Crippen LogP contribution in [-0.2, 0) is 21.1 Å². The molecule has 0 bridgehead atoms. The summed E-state index contributed by atoms with van der Waals surface area (Å²) in [6, 6.07) is 0. The molecular weight excluding hydrogens is 214 g/mol. The molecule has 1 aromatic heterocycles. The second kappa shape index (κ2) is 3.43. The highest BCUT2D eigenvalue weighted by molar-refractivity contribution is 7.90. The summed E-state index contributed by atoms with van der Waals surface area (Å²) in [6.07, 6.45) is 0.798. The van der Waals surface area contributed by atoms with Crippen LogP contribution in [0.2, 0.25) is 0 Å². The number of aliphatic carboxylic acids is 1. The first-order valence-electron chi connectivity index (χ1n) is 3.26. The Hall–Kier alpha value is -0.950. The Kier molecular flexibility index (Phi) is 2.67. The Morgan fingerprint density at radius 2 is 2.31 bits per heavy atom. The van der Waals surface area contributed by atoms with Crippen LogP contribution in [-0.4, -0.2) is 30.7 Å². The van der Waals surface area contributed by atoms with E-state index in [1.54, 1.807) is 0 Å². The zero-order valence-corrected chi connectivity index (χ0v) is 8.35. The first kappa shape index (κ1) is 10.1. The molecular formula is C6H7NO4S2. The lowest BCUT2D eigenvalue weighted by Gasteiger charge is -1.88. The van der Waals surface area contributed by atoms with Crippen LogP contribution in [0.5, 0.6) is 0 Å². The first-order chi connectivity index (χ1) is 5.89. The smallest absolute Gasteiger partial charge is 0.310 e. The van der Waals surface area contributed by atoms with Crippen LogP contribution >= 0.6 is 11.3 Å². The maximum absolute atomic E-state index is 10.9. The van der Waals surface area contributed by atoms with E-state index in [1.807, 2.05) is 0 Å². The maximum Gasteiger partial charge on any atom is 0.310 e. The van der Waals surface area contributed by atoms with Gasteiger partial charge >= 0.3 is 5.97 Å². The van der Waals surface area contributed by atoms with Crippen molar-refractivity contribution in [1.29, 1.82) is 0 Å². The standard InChI is InChI=1S/C6H7NO4S2/c1-13(10,11)5-3-12-4(7-5)2-6(8)9/h3H,2H2,1H3,(H,8,9). The number of carboxylic acid groups (broad SMARTS) is 1. The number of thiazole rings is 1. The summed E-state index contributed by atoms with van der Waals surface area (Å²) in [5.74, 6) is -1.02. The predicted molar refractivity (Wildman–Crippen MR) is 46.6 cm³/mol. The quantitative estimate of drug-likeness (QED) is 0.786. The second-order valence-electron chi connectivity index (χ2n) is 2.42. The van der Waals surface area contributed by atoms with Crippen molar-refractivity contribution in [2.24, 2.45) is 0 Å². The van der Waals surface area contributed by atoms with Crippen LogP contribution in [0.3, 0.4) is 0 Å². The summed E-state index contributed by atoms with van der Waals surface area (Å²) in [7, 11) is -3.31. The highest BCUT2D eigenvalue weighted by Crippen LogP contribution is 2.14. The molecule has 1 rings (SSSR count). The minimum Gasteiger partial charge on any atom is -0.481 e. The van der Waals surface area contributed by atoms with Gasteiger partial charge in [0.1, 0.15) is 5.01 Å². The summed E-state index contributed by atoms with van der Waals surface area (Å²) < 4.78 is 21.9. The van der Waals surface area contributed by atoms with Crippen LogP contribution in [0, 0.1) is 0 Å². The molecule has 0 unspecified atom stereocenters. The minimum absolute atomic E-state index is 0.0613. The Labute approximate surface area is 79.0 Å². The molecule has 5 nitrogen and oxygen atoms in total. The van der Waals surface area contributed by atoms with Crippen molar-refractivity contribution >= 4 is 27.1 Å². The van der Waals surface area contributed by atoms with Gasteiger partial charge in [-0.15, -0.1) is 11.3 Å². The summed E-state index contributed by atoms with van der Waals surface area (Å²) in [6.45, 7) is 0. The van der Waals surface area contributed by atoms with Gasteiger partial charge in [-0.1, -0.05) is 0 Å². The third-order valence-electron chi connectivity index (χ3n) is 1.21. The van der Waals surface area contributed by atoms with Gasteiger partial charge in [0.2, 0.25) is 0 Å². The molecule has 0 saturated heterocycles. The molecule has 0 aromatic carbocycles. The summed E-state index contributed by atoms with van der Waals surface area (Å²) in [5.41, 5.74) is 0. The van der Waals surface area contributed by atoms with E-state index in [9.17, 15) is 13.2 Å². The van der Waals surface area contributed by atoms with Crippen molar-refractivity contribution < 1.29 is 18.3 Å². The third-order valence-corrected chi connectivity index (χ3v) is 3.18.